The minimum absolute atomic E-state index is 0.154. The molecule has 74 valence electrons. The van der Waals surface area contributed by atoms with Crippen LogP contribution in [0.1, 0.15) is 5.56 Å². The summed E-state index contributed by atoms with van der Waals surface area (Å²) >= 11 is 1.09. The second-order valence-corrected chi connectivity index (χ2v) is 3.52. The van der Waals surface area contributed by atoms with Gasteiger partial charge < -0.3 is 0 Å². The summed E-state index contributed by atoms with van der Waals surface area (Å²) in [6, 6.07) is 6.80. The number of nitriles is 1. The Labute approximate surface area is 83.5 Å². The van der Waals surface area contributed by atoms with Crippen molar-refractivity contribution in [3.63, 3.8) is 0 Å². The van der Waals surface area contributed by atoms with Crippen molar-refractivity contribution < 1.29 is 13.2 Å². The molecule has 0 spiro atoms. The highest BCUT2D eigenvalue weighted by Crippen LogP contribution is 2.31. The topological polar surface area (TPSA) is 23.8 Å². The smallest absolute Gasteiger partial charge is 0.197 e. The van der Waals surface area contributed by atoms with Gasteiger partial charge >= 0.3 is 6.18 Å². The summed E-state index contributed by atoms with van der Waals surface area (Å²) < 4.78 is 36.6. The SMILES string of the molecule is N#CCSc1cccc(C(F)(F)F)c1. The zero-order chi connectivity index (χ0) is 10.6. The lowest BCUT2D eigenvalue weighted by atomic mass is 10.2. The molecule has 0 aromatic heterocycles. The molecule has 0 aliphatic rings. The van der Waals surface area contributed by atoms with Crippen LogP contribution in [0.15, 0.2) is 29.2 Å². The van der Waals surface area contributed by atoms with E-state index in [1.807, 2.05) is 6.07 Å². The fraction of sp³-hybridized carbons (Fsp3) is 0.222. The summed E-state index contributed by atoms with van der Waals surface area (Å²) in [6.07, 6.45) is -4.32. The molecule has 0 unspecified atom stereocenters. The molecule has 0 N–H and O–H groups in total. The molecule has 0 radical (unpaired) electrons. The van der Waals surface area contributed by atoms with Crippen LogP contribution in [0.25, 0.3) is 0 Å². The maximum absolute atomic E-state index is 12.2. The zero-order valence-electron chi connectivity index (χ0n) is 7.01. The molecule has 1 nitrogen and oxygen atoms in total. The van der Waals surface area contributed by atoms with Gasteiger partial charge in [-0.15, -0.1) is 11.8 Å². The van der Waals surface area contributed by atoms with Crippen molar-refractivity contribution in [1.82, 2.24) is 0 Å². The van der Waals surface area contributed by atoms with Crippen LogP contribution in [0.2, 0.25) is 0 Å². The van der Waals surface area contributed by atoms with E-state index in [0.717, 1.165) is 23.9 Å². The van der Waals surface area contributed by atoms with Gasteiger partial charge in [-0.1, -0.05) is 6.07 Å². The first-order valence-corrected chi connectivity index (χ1v) is 4.69. The van der Waals surface area contributed by atoms with Crippen LogP contribution >= 0.6 is 11.8 Å². The van der Waals surface area contributed by atoms with Crippen molar-refractivity contribution in [1.29, 1.82) is 5.26 Å². The van der Waals surface area contributed by atoms with Crippen LogP contribution in [0, 0.1) is 11.3 Å². The predicted molar refractivity (Wildman–Crippen MR) is 47.8 cm³/mol. The number of halogens is 3. The van der Waals surface area contributed by atoms with E-state index in [1.165, 1.54) is 6.07 Å². The number of benzene rings is 1. The van der Waals surface area contributed by atoms with Crippen molar-refractivity contribution in [2.75, 3.05) is 5.75 Å². The van der Waals surface area contributed by atoms with Gasteiger partial charge in [-0.05, 0) is 18.2 Å². The Morgan fingerprint density at radius 1 is 1.36 bits per heavy atom. The van der Waals surface area contributed by atoms with Gasteiger partial charge in [0.15, 0.2) is 0 Å². The van der Waals surface area contributed by atoms with E-state index in [4.69, 9.17) is 5.26 Å². The van der Waals surface area contributed by atoms with Crippen LogP contribution in [-0.2, 0) is 6.18 Å². The fourth-order valence-electron chi connectivity index (χ4n) is 0.878. The van der Waals surface area contributed by atoms with Crippen LogP contribution in [0.3, 0.4) is 0 Å². The number of hydrogen-bond acceptors (Lipinski definition) is 2. The molecule has 5 heteroatoms. The number of alkyl halides is 3. The maximum atomic E-state index is 12.2. The van der Waals surface area contributed by atoms with Crippen molar-refractivity contribution in [2.45, 2.75) is 11.1 Å². The molecule has 0 fully saturated rings. The third-order valence-corrected chi connectivity index (χ3v) is 2.33. The van der Waals surface area contributed by atoms with Gasteiger partial charge in [-0.25, -0.2) is 0 Å². The molecule has 14 heavy (non-hydrogen) atoms. The minimum Gasteiger partial charge on any atom is -0.197 e. The third-order valence-electron chi connectivity index (χ3n) is 1.46. The van der Waals surface area contributed by atoms with Crippen LogP contribution in [-0.4, -0.2) is 5.75 Å². The Kier molecular flexibility index (Phi) is 3.42. The van der Waals surface area contributed by atoms with E-state index >= 15 is 0 Å². The molecule has 0 heterocycles. The summed E-state index contributed by atoms with van der Waals surface area (Å²) in [6.45, 7) is 0. The van der Waals surface area contributed by atoms with E-state index in [0.29, 0.717) is 4.90 Å². The Morgan fingerprint density at radius 2 is 2.07 bits per heavy atom. The second kappa shape index (κ2) is 4.38. The zero-order valence-corrected chi connectivity index (χ0v) is 7.82. The van der Waals surface area contributed by atoms with Crippen molar-refractivity contribution in [3.8, 4) is 6.07 Å². The van der Waals surface area contributed by atoms with E-state index < -0.39 is 11.7 Å². The summed E-state index contributed by atoms with van der Waals surface area (Å²) in [7, 11) is 0. The molecule has 0 atom stereocenters. The van der Waals surface area contributed by atoms with E-state index in [1.54, 1.807) is 6.07 Å². The average Bonchev–Trinajstić information content (AvgIpc) is 2.14. The average molecular weight is 217 g/mol. The second-order valence-electron chi connectivity index (χ2n) is 2.47. The normalized spacial score (nSPS) is 11.0. The third kappa shape index (κ3) is 2.96. The van der Waals surface area contributed by atoms with Crippen LogP contribution in [0.5, 0.6) is 0 Å². The summed E-state index contributed by atoms with van der Waals surface area (Å²) in [5, 5.41) is 8.26. The first-order valence-electron chi connectivity index (χ1n) is 3.71. The minimum atomic E-state index is -4.32. The van der Waals surface area contributed by atoms with E-state index in [2.05, 4.69) is 0 Å². The van der Waals surface area contributed by atoms with Crippen LogP contribution < -0.4 is 0 Å². The lowest BCUT2D eigenvalue weighted by Gasteiger charge is -2.07. The Hall–Kier alpha value is -1.15. The number of hydrogen-bond donors (Lipinski definition) is 0. The first-order chi connectivity index (χ1) is 6.54. The lowest BCUT2D eigenvalue weighted by Crippen LogP contribution is -2.04. The van der Waals surface area contributed by atoms with Gasteiger partial charge in [0.1, 0.15) is 0 Å². The highest BCUT2D eigenvalue weighted by atomic mass is 32.2. The highest BCUT2D eigenvalue weighted by molar-refractivity contribution is 7.99. The summed E-state index contributed by atoms with van der Waals surface area (Å²) in [4.78, 5) is 0.460. The molecular weight excluding hydrogens is 211 g/mol. The number of nitrogens with zero attached hydrogens (tertiary/aromatic N) is 1. The molecule has 1 rings (SSSR count). The van der Waals surface area contributed by atoms with Gasteiger partial charge in [0.2, 0.25) is 0 Å². The molecule has 0 saturated heterocycles. The molecule has 0 saturated carbocycles. The van der Waals surface area contributed by atoms with Crippen molar-refractivity contribution in [2.24, 2.45) is 0 Å². The Balaban J connectivity index is 2.86. The predicted octanol–water partition coefficient (Wildman–Crippen LogP) is 3.32. The van der Waals surface area contributed by atoms with Gasteiger partial charge in [-0.3, -0.25) is 0 Å². The molecule has 1 aromatic carbocycles. The van der Waals surface area contributed by atoms with Crippen molar-refractivity contribution >= 4 is 11.8 Å². The van der Waals surface area contributed by atoms with E-state index in [9.17, 15) is 13.2 Å². The molecule has 1 aromatic rings. The first kappa shape index (κ1) is 10.9. The van der Waals surface area contributed by atoms with Crippen LogP contribution in [0.4, 0.5) is 13.2 Å². The molecule has 0 bridgehead atoms. The Morgan fingerprint density at radius 3 is 2.64 bits per heavy atom. The molecule has 0 aliphatic carbocycles. The van der Waals surface area contributed by atoms with Gasteiger partial charge in [0.05, 0.1) is 17.4 Å². The maximum Gasteiger partial charge on any atom is 0.416 e. The summed E-state index contributed by atoms with van der Waals surface area (Å²) in [5.74, 6) is 0.154. The quantitative estimate of drug-likeness (QED) is 0.709. The molecular formula is C9H6F3NS. The Bertz CT molecular complexity index is 354. The monoisotopic (exact) mass is 217 g/mol. The lowest BCUT2D eigenvalue weighted by molar-refractivity contribution is -0.137. The summed E-state index contributed by atoms with van der Waals surface area (Å²) in [5.41, 5.74) is -0.680. The number of rotatable bonds is 2. The van der Waals surface area contributed by atoms with Gasteiger partial charge in [-0.2, -0.15) is 18.4 Å². The van der Waals surface area contributed by atoms with Gasteiger partial charge in [0, 0.05) is 4.90 Å². The van der Waals surface area contributed by atoms with E-state index in [-0.39, 0.29) is 5.75 Å². The fourth-order valence-corrected chi connectivity index (χ4v) is 1.49. The highest BCUT2D eigenvalue weighted by Gasteiger charge is 2.30. The molecule has 0 aliphatic heterocycles. The standard InChI is InChI=1S/C9H6F3NS/c10-9(11,12)7-2-1-3-8(6-7)14-5-4-13/h1-3,6H,5H2. The van der Waals surface area contributed by atoms with Gasteiger partial charge in [0.25, 0.3) is 0 Å². The molecule has 0 amide bonds. The van der Waals surface area contributed by atoms with Crippen molar-refractivity contribution in [3.05, 3.63) is 29.8 Å². The largest absolute Gasteiger partial charge is 0.416 e. The number of thioether (sulfide) groups is 1.